The first-order chi connectivity index (χ1) is 10.6. The molecular weight excluding hydrogens is 327 g/mol. The number of imidazole rings is 2. The summed E-state index contributed by atoms with van der Waals surface area (Å²) in [6.45, 7) is 0. The molecule has 4 aromatic rings. The van der Waals surface area contributed by atoms with Gasteiger partial charge in [0.05, 0.1) is 12.4 Å². The summed E-state index contributed by atoms with van der Waals surface area (Å²) in [5, 5.41) is 4.87. The quantitative estimate of drug-likeness (QED) is 0.563. The molecule has 9 heteroatoms. The Kier molecular flexibility index (Phi) is 2.91. The Labute approximate surface area is 134 Å². The van der Waals surface area contributed by atoms with Gasteiger partial charge in [0.15, 0.2) is 22.8 Å². The van der Waals surface area contributed by atoms with Crippen molar-refractivity contribution < 1.29 is 4.74 Å². The van der Waals surface area contributed by atoms with Gasteiger partial charge in [0.1, 0.15) is 10.5 Å². The van der Waals surface area contributed by atoms with Crippen LogP contribution < -0.4 is 4.74 Å². The van der Waals surface area contributed by atoms with E-state index in [0.717, 1.165) is 0 Å². The highest BCUT2D eigenvalue weighted by Crippen LogP contribution is 2.34. The number of hydrogen-bond acceptors (Lipinski definition) is 5. The summed E-state index contributed by atoms with van der Waals surface area (Å²) in [4.78, 5) is 12.5. The maximum Gasteiger partial charge on any atom is 0.205 e. The van der Waals surface area contributed by atoms with Gasteiger partial charge in [0.25, 0.3) is 0 Å². The number of nitrogens with zero attached hydrogens (tertiary/aromatic N) is 6. The van der Waals surface area contributed by atoms with E-state index in [1.54, 1.807) is 40.8 Å². The molecule has 0 aliphatic rings. The molecule has 4 aromatic heterocycles. The molecule has 0 fully saturated rings. The molecule has 0 bridgehead atoms. The van der Waals surface area contributed by atoms with Gasteiger partial charge in [-0.05, 0) is 11.6 Å². The van der Waals surface area contributed by atoms with Crippen molar-refractivity contribution in [2.24, 2.45) is 7.05 Å². The van der Waals surface area contributed by atoms with Gasteiger partial charge in [0, 0.05) is 25.5 Å². The van der Waals surface area contributed by atoms with Gasteiger partial charge < -0.3 is 9.30 Å². The fraction of sp³-hybridized carbons (Fsp3) is 0.0769. The highest BCUT2D eigenvalue weighted by atomic mass is 35.5. The van der Waals surface area contributed by atoms with Crippen LogP contribution in [0.25, 0.3) is 16.8 Å². The molecule has 22 heavy (non-hydrogen) atoms. The Hall–Kier alpha value is -2.38. The van der Waals surface area contributed by atoms with Crippen LogP contribution in [-0.2, 0) is 7.05 Å². The number of hydrogen-bond donors (Lipinski definition) is 0. The SMILES string of the molecule is Cn1c(Cl)nc2ncc(Oc3cnn4ccnc4c3)c(Cl)c21. The monoisotopic (exact) mass is 334 g/mol. The molecule has 0 radical (unpaired) electrons. The zero-order valence-electron chi connectivity index (χ0n) is 11.2. The summed E-state index contributed by atoms with van der Waals surface area (Å²) in [6.07, 6.45) is 6.48. The van der Waals surface area contributed by atoms with Crippen LogP contribution in [0.3, 0.4) is 0 Å². The van der Waals surface area contributed by atoms with Crippen molar-refractivity contribution >= 4 is 40.0 Å². The average molecular weight is 335 g/mol. The molecule has 0 aromatic carbocycles. The molecule has 0 saturated heterocycles. The van der Waals surface area contributed by atoms with E-state index in [1.165, 1.54) is 6.20 Å². The van der Waals surface area contributed by atoms with Crippen LogP contribution in [0, 0.1) is 0 Å². The predicted octanol–water partition coefficient (Wildman–Crippen LogP) is 3.11. The molecule has 0 saturated carbocycles. The van der Waals surface area contributed by atoms with Crippen LogP contribution in [-0.4, -0.2) is 29.1 Å². The Balaban J connectivity index is 1.80. The van der Waals surface area contributed by atoms with E-state index in [0.29, 0.717) is 38.6 Å². The minimum Gasteiger partial charge on any atom is -0.452 e. The molecule has 0 aliphatic heterocycles. The summed E-state index contributed by atoms with van der Waals surface area (Å²) in [5.74, 6) is 0.904. The van der Waals surface area contributed by atoms with E-state index in [4.69, 9.17) is 27.9 Å². The van der Waals surface area contributed by atoms with Gasteiger partial charge in [-0.1, -0.05) is 11.6 Å². The first-order valence-corrected chi connectivity index (χ1v) is 7.03. The normalized spacial score (nSPS) is 11.4. The highest BCUT2D eigenvalue weighted by molar-refractivity contribution is 6.37. The Morgan fingerprint density at radius 2 is 2.05 bits per heavy atom. The second-order valence-electron chi connectivity index (χ2n) is 4.57. The molecule has 0 aliphatic carbocycles. The van der Waals surface area contributed by atoms with Crippen molar-refractivity contribution in [2.75, 3.05) is 0 Å². The van der Waals surface area contributed by atoms with Gasteiger partial charge in [-0.15, -0.1) is 0 Å². The Morgan fingerprint density at radius 3 is 2.91 bits per heavy atom. The maximum absolute atomic E-state index is 6.38. The van der Waals surface area contributed by atoms with Crippen molar-refractivity contribution in [3.8, 4) is 11.5 Å². The largest absolute Gasteiger partial charge is 0.452 e. The second kappa shape index (κ2) is 4.82. The van der Waals surface area contributed by atoms with Gasteiger partial charge in [0.2, 0.25) is 5.28 Å². The molecular formula is C13H8Cl2N6O. The summed E-state index contributed by atoms with van der Waals surface area (Å²) >= 11 is 12.4. The molecule has 0 unspecified atom stereocenters. The minimum atomic E-state index is 0.307. The molecule has 0 atom stereocenters. The Bertz CT molecular complexity index is 1010. The van der Waals surface area contributed by atoms with Crippen LogP contribution in [0.5, 0.6) is 11.5 Å². The van der Waals surface area contributed by atoms with Gasteiger partial charge in [-0.25, -0.2) is 14.5 Å². The number of ether oxygens (including phenoxy) is 1. The van der Waals surface area contributed by atoms with E-state index >= 15 is 0 Å². The summed E-state index contributed by atoms with van der Waals surface area (Å²) in [7, 11) is 1.76. The zero-order chi connectivity index (χ0) is 15.3. The second-order valence-corrected chi connectivity index (χ2v) is 5.29. The Morgan fingerprint density at radius 1 is 1.18 bits per heavy atom. The molecule has 4 heterocycles. The minimum absolute atomic E-state index is 0.307. The number of pyridine rings is 1. The predicted molar refractivity (Wildman–Crippen MR) is 81.6 cm³/mol. The summed E-state index contributed by atoms with van der Waals surface area (Å²) in [5.41, 5.74) is 1.75. The third-order valence-electron chi connectivity index (χ3n) is 3.21. The van der Waals surface area contributed by atoms with Crippen molar-refractivity contribution in [2.45, 2.75) is 0 Å². The zero-order valence-corrected chi connectivity index (χ0v) is 12.7. The lowest BCUT2D eigenvalue weighted by molar-refractivity contribution is 0.477. The van der Waals surface area contributed by atoms with Gasteiger partial charge in [-0.3, -0.25) is 0 Å². The average Bonchev–Trinajstić information content (AvgIpc) is 3.07. The van der Waals surface area contributed by atoms with E-state index in [9.17, 15) is 0 Å². The molecule has 110 valence electrons. The van der Waals surface area contributed by atoms with Crippen LogP contribution in [0.1, 0.15) is 0 Å². The molecule has 7 nitrogen and oxygen atoms in total. The van der Waals surface area contributed by atoms with E-state index in [2.05, 4.69) is 20.1 Å². The van der Waals surface area contributed by atoms with Gasteiger partial charge >= 0.3 is 0 Å². The van der Waals surface area contributed by atoms with E-state index in [1.807, 2.05) is 0 Å². The standard InChI is InChI=1S/C13H8Cl2N6O/c1-20-11-10(14)8(6-17-12(11)19-13(20)15)22-7-4-9-16-2-3-21(9)18-5-7/h2-6H,1H3. The van der Waals surface area contributed by atoms with Crippen LogP contribution in [0.15, 0.2) is 30.9 Å². The number of aryl methyl sites for hydroxylation is 1. The summed E-state index contributed by atoms with van der Waals surface area (Å²) in [6, 6.07) is 1.75. The smallest absolute Gasteiger partial charge is 0.205 e. The van der Waals surface area contributed by atoms with Gasteiger partial charge in [-0.2, -0.15) is 10.1 Å². The number of aromatic nitrogens is 6. The van der Waals surface area contributed by atoms with Crippen molar-refractivity contribution in [3.63, 3.8) is 0 Å². The molecule has 0 N–H and O–H groups in total. The lowest BCUT2D eigenvalue weighted by Gasteiger charge is -2.08. The van der Waals surface area contributed by atoms with Crippen LogP contribution in [0.4, 0.5) is 0 Å². The van der Waals surface area contributed by atoms with Crippen LogP contribution >= 0.6 is 23.2 Å². The fourth-order valence-electron chi connectivity index (χ4n) is 2.13. The fourth-order valence-corrected chi connectivity index (χ4v) is 2.60. The third kappa shape index (κ3) is 1.98. The maximum atomic E-state index is 6.38. The number of halogens is 2. The van der Waals surface area contributed by atoms with Crippen molar-refractivity contribution in [1.82, 2.24) is 29.1 Å². The first-order valence-electron chi connectivity index (χ1n) is 6.27. The number of fused-ring (bicyclic) bond motifs is 2. The molecule has 0 spiro atoms. The van der Waals surface area contributed by atoms with E-state index in [-0.39, 0.29) is 0 Å². The van der Waals surface area contributed by atoms with Crippen molar-refractivity contribution in [3.05, 3.63) is 41.2 Å². The first kappa shape index (κ1) is 13.3. The topological polar surface area (TPSA) is 70.1 Å². The lowest BCUT2D eigenvalue weighted by Crippen LogP contribution is -1.94. The highest BCUT2D eigenvalue weighted by Gasteiger charge is 2.16. The molecule has 0 amide bonds. The van der Waals surface area contributed by atoms with Crippen molar-refractivity contribution in [1.29, 1.82) is 0 Å². The number of rotatable bonds is 2. The summed E-state index contributed by atoms with van der Waals surface area (Å²) < 4.78 is 9.05. The lowest BCUT2D eigenvalue weighted by atomic mass is 10.4. The molecule has 4 rings (SSSR count). The van der Waals surface area contributed by atoms with E-state index < -0.39 is 0 Å². The third-order valence-corrected chi connectivity index (χ3v) is 3.91. The van der Waals surface area contributed by atoms with Crippen LogP contribution in [0.2, 0.25) is 10.3 Å².